The lowest BCUT2D eigenvalue weighted by atomic mass is 10.0. The fraction of sp³-hybridized carbons (Fsp3) is 0.800. The van der Waals surface area contributed by atoms with Crippen LogP contribution in [0.4, 0.5) is 0 Å². The maximum Gasteiger partial charge on any atom is 0.326 e. The number of likely N-dealkylation sites (tertiary alicyclic amines) is 1. The van der Waals surface area contributed by atoms with Crippen molar-refractivity contribution in [1.29, 1.82) is 0 Å². The molecule has 0 aliphatic carbocycles. The number of carbonyl (C=O) groups excluding carboxylic acids is 1. The van der Waals surface area contributed by atoms with Crippen molar-refractivity contribution < 1.29 is 19.4 Å². The Morgan fingerprint density at radius 1 is 1.50 bits per heavy atom. The maximum atomic E-state index is 11.9. The summed E-state index contributed by atoms with van der Waals surface area (Å²) in [5, 5.41) is 9.09. The van der Waals surface area contributed by atoms with Gasteiger partial charge in [-0.2, -0.15) is 0 Å². The van der Waals surface area contributed by atoms with Crippen LogP contribution in [0.3, 0.4) is 0 Å². The SMILES string of the molecule is C[C@H](N)C(=O)N1C(C(=O)O)CC2COCC21. The molecule has 3 unspecified atom stereocenters. The van der Waals surface area contributed by atoms with E-state index in [1.807, 2.05) is 0 Å². The summed E-state index contributed by atoms with van der Waals surface area (Å²) in [7, 11) is 0. The molecule has 6 nitrogen and oxygen atoms in total. The first-order chi connectivity index (χ1) is 7.52. The van der Waals surface area contributed by atoms with Gasteiger partial charge in [-0.25, -0.2) is 4.79 Å². The van der Waals surface area contributed by atoms with Crippen LogP contribution in [-0.4, -0.2) is 53.2 Å². The van der Waals surface area contributed by atoms with Crippen LogP contribution in [0.5, 0.6) is 0 Å². The van der Waals surface area contributed by atoms with Crippen LogP contribution in [0.2, 0.25) is 0 Å². The van der Waals surface area contributed by atoms with Crippen LogP contribution in [0.25, 0.3) is 0 Å². The topological polar surface area (TPSA) is 92.9 Å². The predicted molar refractivity (Wildman–Crippen MR) is 54.6 cm³/mol. The number of carboxylic acids is 1. The third kappa shape index (κ3) is 1.68. The van der Waals surface area contributed by atoms with Gasteiger partial charge in [0.2, 0.25) is 5.91 Å². The average Bonchev–Trinajstić information content (AvgIpc) is 2.74. The van der Waals surface area contributed by atoms with Crippen molar-refractivity contribution in [2.24, 2.45) is 11.7 Å². The van der Waals surface area contributed by atoms with Crippen molar-refractivity contribution in [2.75, 3.05) is 13.2 Å². The largest absolute Gasteiger partial charge is 0.480 e. The summed E-state index contributed by atoms with van der Waals surface area (Å²) in [6.07, 6.45) is 0.471. The smallest absolute Gasteiger partial charge is 0.326 e. The Hall–Kier alpha value is -1.14. The highest BCUT2D eigenvalue weighted by molar-refractivity contribution is 5.87. The number of ether oxygens (including phenoxy) is 1. The van der Waals surface area contributed by atoms with E-state index in [4.69, 9.17) is 15.6 Å². The number of amides is 1. The van der Waals surface area contributed by atoms with Crippen LogP contribution in [-0.2, 0) is 14.3 Å². The third-order valence-electron chi connectivity index (χ3n) is 3.31. The Kier molecular flexibility index (Phi) is 2.86. The van der Waals surface area contributed by atoms with Gasteiger partial charge in [0.05, 0.1) is 25.3 Å². The second kappa shape index (κ2) is 4.03. The number of carbonyl (C=O) groups is 2. The van der Waals surface area contributed by atoms with Gasteiger partial charge in [-0.3, -0.25) is 4.79 Å². The van der Waals surface area contributed by atoms with Crippen molar-refractivity contribution in [3.63, 3.8) is 0 Å². The zero-order chi connectivity index (χ0) is 11.9. The van der Waals surface area contributed by atoms with Gasteiger partial charge in [-0.1, -0.05) is 0 Å². The van der Waals surface area contributed by atoms with Crippen molar-refractivity contribution in [3.05, 3.63) is 0 Å². The molecule has 2 aliphatic rings. The fourth-order valence-electron chi connectivity index (χ4n) is 2.52. The molecule has 90 valence electrons. The van der Waals surface area contributed by atoms with Gasteiger partial charge in [0.15, 0.2) is 0 Å². The number of nitrogens with zero attached hydrogens (tertiary/aromatic N) is 1. The molecule has 0 saturated carbocycles. The van der Waals surface area contributed by atoms with Gasteiger partial charge < -0.3 is 20.5 Å². The van der Waals surface area contributed by atoms with Gasteiger partial charge in [0.25, 0.3) is 0 Å². The summed E-state index contributed by atoms with van der Waals surface area (Å²) in [5.74, 6) is -1.11. The van der Waals surface area contributed by atoms with Crippen LogP contribution < -0.4 is 5.73 Å². The zero-order valence-corrected chi connectivity index (χ0v) is 9.13. The van der Waals surface area contributed by atoms with Gasteiger partial charge >= 0.3 is 5.97 Å². The number of hydrogen-bond donors (Lipinski definition) is 2. The molecule has 2 rings (SSSR count). The summed E-state index contributed by atoms with van der Waals surface area (Å²) in [5.41, 5.74) is 5.54. The lowest BCUT2D eigenvalue weighted by Gasteiger charge is -2.28. The first-order valence-electron chi connectivity index (χ1n) is 5.40. The number of fused-ring (bicyclic) bond motifs is 1. The molecule has 2 saturated heterocycles. The number of hydrogen-bond acceptors (Lipinski definition) is 4. The number of nitrogens with two attached hydrogens (primary N) is 1. The summed E-state index contributed by atoms with van der Waals surface area (Å²) in [6.45, 7) is 2.54. The molecule has 4 atom stereocenters. The molecule has 0 aromatic rings. The van der Waals surface area contributed by atoms with Crippen LogP contribution in [0, 0.1) is 5.92 Å². The molecule has 16 heavy (non-hydrogen) atoms. The molecule has 0 aromatic heterocycles. The van der Waals surface area contributed by atoms with Gasteiger partial charge in [0.1, 0.15) is 6.04 Å². The van der Waals surface area contributed by atoms with E-state index in [2.05, 4.69) is 0 Å². The second-order valence-electron chi connectivity index (χ2n) is 4.49. The molecule has 3 N–H and O–H groups in total. The maximum absolute atomic E-state index is 11.9. The highest BCUT2D eigenvalue weighted by atomic mass is 16.5. The van der Waals surface area contributed by atoms with E-state index >= 15 is 0 Å². The first-order valence-corrected chi connectivity index (χ1v) is 5.40. The molecule has 1 amide bonds. The van der Waals surface area contributed by atoms with Crippen LogP contribution >= 0.6 is 0 Å². The lowest BCUT2D eigenvalue weighted by molar-refractivity contribution is -0.150. The van der Waals surface area contributed by atoms with E-state index in [1.54, 1.807) is 6.92 Å². The number of rotatable bonds is 2. The molecular formula is C10H16N2O4. The first kappa shape index (κ1) is 11.3. The fourth-order valence-corrected chi connectivity index (χ4v) is 2.52. The van der Waals surface area contributed by atoms with E-state index in [-0.39, 0.29) is 17.9 Å². The van der Waals surface area contributed by atoms with E-state index in [0.717, 1.165) is 0 Å². The van der Waals surface area contributed by atoms with Crippen molar-refractivity contribution >= 4 is 11.9 Å². The molecule has 0 spiro atoms. The van der Waals surface area contributed by atoms with Gasteiger partial charge in [-0.05, 0) is 13.3 Å². The lowest BCUT2D eigenvalue weighted by Crippen LogP contribution is -2.51. The molecule has 0 aromatic carbocycles. The highest BCUT2D eigenvalue weighted by Gasteiger charge is 2.49. The number of aliphatic carboxylic acids is 1. The number of carboxylic acid groups (broad SMARTS) is 1. The molecule has 6 heteroatoms. The second-order valence-corrected chi connectivity index (χ2v) is 4.49. The minimum absolute atomic E-state index is 0.111. The van der Waals surface area contributed by atoms with Crippen molar-refractivity contribution in [1.82, 2.24) is 4.90 Å². The van der Waals surface area contributed by atoms with E-state index in [9.17, 15) is 9.59 Å². The quantitative estimate of drug-likeness (QED) is 0.634. The summed E-state index contributed by atoms with van der Waals surface area (Å²) < 4.78 is 5.27. The van der Waals surface area contributed by atoms with E-state index in [1.165, 1.54) is 4.90 Å². The normalized spacial score (nSPS) is 34.9. The van der Waals surface area contributed by atoms with Crippen LogP contribution in [0.1, 0.15) is 13.3 Å². The van der Waals surface area contributed by atoms with Crippen LogP contribution in [0.15, 0.2) is 0 Å². The molecule has 0 radical (unpaired) electrons. The third-order valence-corrected chi connectivity index (χ3v) is 3.31. The molecule has 0 bridgehead atoms. The van der Waals surface area contributed by atoms with Crippen molar-refractivity contribution in [2.45, 2.75) is 31.5 Å². The summed E-state index contributed by atoms with van der Waals surface area (Å²) in [6, 6.07) is -1.52. The van der Waals surface area contributed by atoms with E-state index in [0.29, 0.717) is 19.6 Å². The van der Waals surface area contributed by atoms with Crippen molar-refractivity contribution in [3.8, 4) is 0 Å². The highest BCUT2D eigenvalue weighted by Crippen LogP contribution is 2.34. The summed E-state index contributed by atoms with van der Waals surface area (Å²) >= 11 is 0. The summed E-state index contributed by atoms with van der Waals surface area (Å²) in [4.78, 5) is 24.4. The Bertz CT molecular complexity index is 318. The predicted octanol–water partition coefficient (Wildman–Crippen LogP) is -0.966. The van der Waals surface area contributed by atoms with E-state index < -0.39 is 18.1 Å². The minimum Gasteiger partial charge on any atom is -0.480 e. The standard InChI is InChI=1S/C10H16N2O4/c1-5(11)9(13)12-7(10(14)15)2-6-3-16-4-8(6)12/h5-8H,2-4,11H2,1H3,(H,14,15)/t5-,6?,7?,8?/m0/s1. The van der Waals surface area contributed by atoms with Gasteiger partial charge in [-0.15, -0.1) is 0 Å². The Balaban J connectivity index is 2.22. The minimum atomic E-state index is -0.955. The molecule has 2 fully saturated rings. The zero-order valence-electron chi connectivity index (χ0n) is 9.13. The van der Waals surface area contributed by atoms with Gasteiger partial charge in [0, 0.05) is 5.92 Å². The monoisotopic (exact) mass is 228 g/mol. The Labute approximate surface area is 93.3 Å². The molecule has 2 aliphatic heterocycles. The molecular weight excluding hydrogens is 212 g/mol. The average molecular weight is 228 g/mol. The Morgan fingerprint density at radius 2 is 2.19 bits per heavy atom. The Morgan fingerprint density at radius 3 is 2.75 bits per heavy atom. The molecule has 2 heterocycles.